The molecule has 6 N–H and O–H groups in total. The number of nitrogens with zero attached hydrogens (tertiary/aromatic N) is 4. The number of nitrogen functional groups attached to an aromatic ring is 1. The Balaban J connectivity index is 1.49. The minimum atomic E-state index is -0.900. The molecule has 2 saturated heterocycles. The number of carbonyl (C=O) groups excluding carboxylic acids is 2. The third kappa shape index (κ3) is 2.82. The Labute approximate surface area is 159 Å². The van der Waals surface area contributed by atoms with Gasteiger partial charge in [0, 0.05) is 10.4 Å². The van der Waals surface area contributed by atoms with E-state index in [1.807, 2.05) is 13.8 Å². The van der Waals surface area contributed by atoms with Crippen LogP contribution in [0.3, 0.4) is 0 Å². The molecule has 1 aromatic carbocycles. The summed E-state index contributed by atoms with van der Waals surface area (Å²) in [6.07, 6.45) is 0. The van der Waals surface area contributed by atoms with E-state index in [0.29, 0.717) is 17.1 Å². The molecule has 2 fully saturated rings. The highest BCUT2D eigenvalue weighted by atomic mass is 32.2. The summed E-state index contributed by atoms with van der Waals surface area (Å²) in [5.41, 5.74) is 12.9. The number of carbonyl (C=O) groups is 2. The minimum absolute atomic E-state index is 0.180. The molecule has 142 valence electrons. The highest BCUT2D eigenvalue weighted by Crippen LogP contribution is 2.56. The average Bonchev–Trinajstić information content (AvgIpc) is 3.23. The summed E-state index contributed by atoms with van der Waals surface area (Å²) in [5, 5.41) is 16.7. The van der Waals surface area contributed by atoms with E-state index in [4.69, 9.17) is 11.5 Å². The molecule has 1 aromatic heterocycles. The summed E-state index contributed by atoms with van der Waals surface area (Å²) in [7, 11) is 0. The fraction of sp³-hybridized carbons (Fsp3) is 0.438. The smallest absolute Gasteiger partial charge is 0.249 e. The number of tetrazole rings is 1. The number of aromatic nitrogens is 4. The third-order valence-corrected chi connectivity index (χ3v) is 6.47. The van der Waals surface area contributed by atoms with Gasteiger partial charge < -0.3 is 21.7 Å². The zero-order valence-corrected chi connectivity index (χ0v) is 15.6. The zero-order chi connectivity index (χ0) is 19.3. The number of β-lactam (4-membered cyclic amide) rings is 1. The summed E-state index contributed by atoms with van der Waals surface area (Å²) < 4.78 is -0.320. The molecule has 27 heavy (non-hydrogen) atoms. The van der Waals surface area contributed by atoms with Crippen molar-refractivity contribution < 1.29 is 9.59 Å². The van der Waals surface area contributed by atoms with Crippen LogP contribution < -0.4 is 16.8 Å². The molecule has 4 atom stereocenters. The predicted octanol–water partition coefficient (Wildman–Crippen LogP) is -0.298. The van der Waals surface area contributed by atoms with Crippen LogP contribution in [-0.2, 0) is 9.59 Å². The van der Waals surface area contributed by atoms with E-state index in [1.54, 1.807) is 40.9 Å². The van der Waals surface area contributed by atoms with Gasteiger partial charge in [0.1, 0.15) is 23.5 Å². The summed E-state index contributed by atoms with van der Waals surface area (Å²) in [5.74, 6) is -0.134. The molecule has 10 nitrogen and oxygen atoms in total. The summed E-state index contributed by atoms with van der Waals surface area (Å²) in [6, 6.07) is 4.99. The highest BCUT2D eigenvalue weighted by Gasteiger charge is 2.63. The fourth-order valence-electron chi connectivity index (χ4n) is 3.60. The Morgan fingerprint density at radius 3 is 2.89 bits per heavy atom. The molecule has 3 heterocycles. The number of fused-ring (bicyclic) bond motifs is 1. The molecular formula is C16H20N8O2S. The van der Waals surface area contributed by atoms with E-state index in [0.717, 1.165) is 0 Å². The minimum Gasteiger partial charge on any atom is -0.399 e. The first-order valence-corrected chi connectivity index (χ1v) is 9.32. The molecular weight excluding hydrogens is 368 g/mol. The lowest BCUT2D eigenvalue weighted by molar-refractivity contribution is -0.152. The Bertz CT molecular complexity index is 886. The summed E-state index contributed by atoms with van der Waals surface area (Å²) in [4.78, 5) is 27.0. The van der Waals surface area contributed by atoms with Gasteiger partial charge in [0.25, 0.3) is 0 Å². The molecule has 2 amide bonds. The van der Waals surface area contributed by atoms with Crippen LogP contribution in [0.1, 0.15) is 37.3 Å². The van der Waals surface area contributed by atoms with Gasteiger partial charge in [-0.15, -0.1) is 22.0 Å². The van der Waals surface area contributed by atoms with Crippen LogP contribution in [0.4, 0.5) is 5.69 Å². The number of thioether (sulfide) groups is 1. The number of benzene rings is 1. The van der Waals surface area contributed by atoms with E-state index in [-0.39, 0.29) is 22.1 Å². The van der Waals surface area contributed by atoms with Gasteiger partial charge in [-0.3, -0.25) is 9.59 Å². The van der Waals surface area contributed by atoms with Crippen LogP contribution >= 0.6 is 11.8 Å². The lowest BCUT2D eigenvalue weighted by Crippen LogP contribution is -2.68. The largest absolute Gasteiger partial charge is 0.399 e. The van der Waals surface area contributed by atoms with Gasteiger partial charge in [-0.1, -0.05) is 17.3 Å². The molecule has 4 rings (SSSR count). The Morgan fingerprint density at radius 2 is 2.22 bits per heavy atom. The van der Waals surface area contributed by atoms with E-state index in [2.05, 4.69) is 25.9 Å². The number of H-pyrrole nitrogens is 1. The van der Waals surface area contributed by atoms with Crippen molar-refractivity contribution in [2.75, 3.05) is 5.73 Å². The quantitative estimate of drug-likeness (QED) is 0.411. The van der Waals surface area contributed by atoms with Crippen LogP contribution in [-0.4, -0.2) is 53.5 Å². The zero-order valence-electron chi connectivity index (χ0n) is 14.8. The SMILES string of the molecule is CC1(C)S[C@@H]2C(NC(=O)[C@H](N)c3cccc(N)c3)C(=O)N2C1c1nn[nH]n1. The van der Waals surface area contributed by atoms with Crippen molar-refractivity contribution in [3.8, 4) is 0 Å². The van der Waals surface area contributed by atoms with Crippen molar-refractivity contribution >= 4 is 29.3 Å². The van der Waals surface area contributed by atoms with Gasteiger partial charge >= 0.3 is 0 Å². The number of nitrogens with two attached hydrogens (primary N) is 2. The van der Waals surface area contributed by atoms with Gasteiger partial charge in [0.15, 0.2) is 5.82 Å². The molecule has 11 heteroatoms. The van der Waals surface area contributed by atoms with Gasteiger partial charge in [0.05, 0.1) is 0 Å². The Kier molecular flexibility index (Phi) is 4.07. The van der Waals surface area contributed by atoms with Crippen molar-refractivity contribution in [1.82, 2.24) is 30.8 Å². The van der Waals surface area contributed by atoms with Crippen molar-refractivity contribution in [2.45, 2.75) is 42.1 Å². The maximum absolute atomic E-state index is 12.7. The monoisotopic (exact) mass is 388 g/mol. The van der Waals surface area contributed by atoms with Crippen LogP contribution in [0, 0.1) is 0 Å². The normalized spacial score (nSPS) is 27.0. The predicted molar refractivity (Wildman–Crippen MR) is 98.9 cm³/mol. The standard InChI is InChI=1S/C16H20N8O2S/c1-16(2)11(12-20-22-23-21-12)24-14(26)10(15(24)27-16)19-13(25)9(18)7-4-3-5-8(17)6-7/h3-6,9-11,15H,17-18H2,1-2H3,(H,19,25)(H,20,21,22,23)/t9-,10?,11?,15-/m1/s1. The van der Waals surface area contributed by atoms with Crippen molar-refractivity contribution in [3.05, 3.63) is 35.7 Å². The number of aromatic amines is 1. The van der Waals surface area contributed by atoms with Crippen molar-refractivity contribution in [1.29, 1.82) is 0 Å². The average molecular weight is 388 g/mol. The van der Waals surface area contributed by atoms with Gasteiger partial charge in [-0.05, 0) is 31.5 Å². The van der Waals surface area contributed by atoms with E-state index >= 15 is 0 Å². The molecule has 2 aromatic rings. The first kappa shape index (κ1) is 17.7. The molecule has 2 unspecified atom stereocenters. The van der Waals surface area contributed by atoms with Crippen molar-refractivity contribution in [2.24, 2.45) is 5.73 Å². The van der Waals surface area contributed by atoms with E-state index in [1.165, 1.54) is 0 Å². The summed E-state index contributed by atoms with van der Waals surface area (Å²) >= 11 is 1.60. The fourth-order valence-corrected chi connectivity index (χ4v) is 5.23. The molecule has 2 aliphatic heterocycles. The van der Waals surface area contributed by atoms with Crippen LogP contribution in [0.25, 0.3) is 0 Å². The number of nitrogens with one attached hydrogen (secondary N) is 2. The van der Waals surface area contributed by atoms with Crippen molar-refractivity contribution in [3.63, 3.8) is 0 Å². The molecule has 0 radical (unpaired) electrons. The maximum atomic E-state index is 12.7. The van der Waals surface area contributed by atoms with Gasteiger partial charge in [0.2, 0.25) is 11.8 Å². The molecule has 0 spiro atoms. The van der Waals surface area contributed by atoms with E-state index in [9.17, 15) is 9.59 Å². The van der Waals surface area contributed by atoms with Crippen LogP contribution in [0.15, 0.2) is 24.3 Å². The molecule has 0 saturated carbocycles. The molecule has 0 aliphatic carbocycles. The number of rotatable bonds is 4. The van der Waals surface area contributed by atoms with Crippen LogP contribution in [0.2, 0.25) is 0 Å². The lowest BCUT2D eigenvalue weighted by Gasteiger charge is -2.44. The number of amides is 2. The molecule has 2 aliphatic rings. The third-order valence-electron chi connectivity index (χ3n) is 4.90. The number of hydrogen-bond acceptors (Lipinski definition) is 8. The maximum Gasteiger partial charge on any atom is 0.249 e. The first-order valence-electron chi connectivity index (χ1n) is 8.44. The summed E-state index contributed by atoms with van der Waals surface area (Å²) in [6.45, 7) is 4.03. The van der Waals surface area contributed by atoms with Gasteiger partial charge in [-0.2, -0.15) is 5.21 Å². The highest BCUT2D eigenvalue weighted by molar-refractivity contribution is 8.01. The first-order chi connectivity index (χ1) is 12.8. The number of anilines is 1. The number of hydrogen-bond donors (Lipinski definition) is 4. The molecule has 0 bridgehead atoms. The van der Waals surface area contributed by atoms with E-state index < -0.39 is 18.0 Å². The van der Waals surface area contributed by atoms with Crippen LogP contribution in [0.5, 0.6) is 0 Å². The van der Waals surface area contributed by atoms with Gasteiger partial charge in [-0.25, -0.2) is 0 Å². The second-order valence-electron chi connectivity index (χ2n) is 7.16. The second-order valence-corrected chi connectivity index (χ2v) is 8.93. The lowest BCUT2D eigenvalue weighted by atomic mass is 9.95. The second kappa shape index (κ2) is 6.20. The Hall–Kier alpha value is -2.66. The Morgan fingerprint density at radius 1 is 1.44 bits per heavy atom. The topological polar surface area (TPSA) is 156 Å².